The Morgan fingerprint density at radius 3 is 3.00 bits per heavy atom. The van der Waals surface area contributed by atoms with Crippen LogP contribution in [0.25, 0.3) is 0 Å². The van der Waals surface area contributed by atoms with E-state index in [0.29, 0.717) is 6.04 Å². The van der Waals surface area contributed by atoms with Crippen molar-refractivity contribution >= 4 is 28.9 Å². The first-order valence-corrected chi connectivity index (χ1v) is 6.95. The molecule has 1 aliphatic carbocycles. The van der Waals surface area contributed by atoms with Crippen LogP contribution in [0.5, 0.6) is 0 Å². The van der Waals surface area contributed by atoms with Crippen LogP contribution in [0.3, 0.4) is 0 Å². The Morgan fingerprint density at radius 2 is 2.35 bits per heavy atom. The van der Waals surface area contributed by atoms with Crippen LogP contribution in [0.4, 0.5) is 5.95 Å². The molecule has 0 aliphatic heterocycles. The third kappa shape index (κ3) is 2.48. The van der Waals surface area contributed by atoms with Gasteiger partial charge in [0.2, 0.25) is 5.95 Å². The van der Waals surface area contributed by atoms with E-state index in [1.165, 1.54) is 17.7 Å². The quantitative estimate of drug-likeness (QED) is 0.912. The summed E-state index contributed by atoms with van der Waals surface area (Å²) in [4.78, 5) is 5.75. The maximum Gasteiger partial charge on any atom is 0.203 e. The average molecular weight is 268 g/mol. The van der Waals surface area contributed by atoms with Crippen LogP contribution in [0, 0.1) is 6.92 Å². The minimum absolute atomic E-state index is 0.658. The van der Waals surface area contributed by atoms with Gasteiger partial charge in [0.05, 0.1) is 16.6 Å². The molecule has 1 fully saturated rings. The monoisotopic (exact) mass is 267 g/mol. The van der Waals surface area contributed by atoms with E-state index in [0.717, 1.165) is 22.5 Å². The fraction of sp³-hybridized carbons (Fsp3) is 0.417. The van der Waals surface area contributed by atoms with Crippen LogP contribution < -0.4 is 5.32 Å². The Balaban J connectivity index is 1.72. The highest BCUT2D eigenvalue weighted by Crippen LogP contribution is 2.37. The van der Waals surface area contributed by atoms with Crippen molar-refractivity contribution in [1.29, 1.82) is 0 Å². The fourth-order valence-corrected chi connectivity index (χ4v) is 2.92. The van der Waals surface area contributed by atoms with Gasteiger partial charge in [0.15, 0.2) is 0 Å². The molecule has 0 unspecified atom stereocenters. The summed E-state index contributed by atoms with van der Waals surface area (Å²) in [5.74, 6) is 0.981. The van der Waals surface area contributed by atoms with Gasteiger partial charge in [-0.1, -0.05) is 11.6 Å². The van der Waals surface area contributed by atoms with Crippen molar-refractivity contribution in [1.82, 2.24) is 9.55 Å². The molecular formula is C12H14ClN3S. The molecule has 0 radical (unpaired) electrons. The van der Waals surface area contributed by atoms with E-state index < -0.39 is 0 Å². The number of anilines is 1. The smallest absolute Gasteiger partial charge is 0.203 e. The standard InChI is InChI=1S/C12H14ClN3S/c1-8-7-16(9-2-3-9)12(15-8)14-6-10-4-5-11(13)17-10/h4-5,7,9H,2-3,6H2,1H3,(H,14,15). The summed E-state index contributed by atoms with van der Waals surface area (Å²) < 4.78 is 3.09. The molecule has 0 aromatic carbocycles. The van der Waals surface area contributed by atoms with Crippen molar-refractivity contribution in [3.8, 4) is 0 Å². The molecule has 0 spiro atoms. The minimum atomic E-state index is 0.658. The van der Waals surface area contributed by atoms with E-state index in [4.69, 9.17) is 11.6 Å². The van der Waals surface area contributed by atoms with Gasteiger partial charge in [-0.3, -0.25) is 0 Å². The van der Waals surface area contributed by atoms with Gasteiger partial charge < -0.3 is 9.88 Å². The summed E-state index contributed by atoms with van der Waals surface area (Å²) in [6, 6.07) is 4.64. The van der Waals surface area contributed by atoms with E-state index in [1.807, 2.05) is 13.0 Å². The van der Waals surface area contributed by atoms with Crippen molar-refractivity contribution in [2.24, 2.45) is 0 Å². The SMILES string of the molecule is Cc1cn(C2CC2)c(NCc2ccc(Cl)s2)n1. The van der Waals surface area contributed by atoms with Crippen molar-refractivity contribution in [2.75, 3.05) is 5.32 Å². The van der Waals surface area contributed by atoms with Gasteiger partial charge in [-0.05, 0) is 31.9 Å². The van der Waals surface area contributed by atoms with Crippen LogP contribution in [-0.2, 0) is 6.54 Å². The molecule has 3 rings (SSSR count). The van der Waals surface area contributed by atoms with E-state index in [9.17, 15) is 0 Å². The molecule has 0 amide bonds. The number of nitrogens with zero attached hydrogens (tertiary/aromatic N) is 2. The Morgan fingerprint density at radius 1 is 1.53 bits per heavy atom. The molecule has 0 atom stereocenters. The number of hydrogen-bond donors (Lipinski definition) is 1. The van der Waals surface area contributed by atoms with Crippen LogP contribution >= 0.6 is 22.9 Å². The molecule has 1 saturated carbocycles. The topological polar surface area (TPSA) is 29.9 Å². The van der Waals surface area contributed by atoms with Gasteiger partial charge >= 0.3 is 0 Å². The zero-order valence-corrected chi connectivity index (χ0v) is 11.2. The van der Waals surface area contributed by atoms with Gasteiger partial charge in [-0.2, -0.15) is 0 Å². The lowest BCUT2D eigenvalue weighted by atomic mass is 10.5. The maximum absolute atomic E-state index is 5.91. The van der Waals surface area contributed by atoms with Gasteiger partial charge in [0.1, 0.15) is 0 Å². The molecule has 2 aromatic rings. The molecule has 3 nitrogen and oxygen atoms in total. The first-order chi connectivity index (χ1) is 8.22. The predicted octanol–water partition coefficient (Wildman–Crippen LogP) is 3.85. The summed E-state index contributed by atoms with van der Waals surface area (Å²) in [7, 11) is 0. The van der Waals surface area contributed by atoms with Gasteiger partial charge in [-0.15, -0.1) is 11.3 Å². The predicted molar refractivity (Wildman–Crippen MR) is 71.9 cm³/mol. The third-order valence-corrected chi connectivity index (χ3v) is 4.07. The van der Waals surface area contributed by atoms with E-state index in [1.54, 1.807) is 11.3 Å². The second-order valence-corrected chi connectivity index (χ2v) is 6.20. The zero-order valence-electron chi connectivity index (χ0n) is 9.61. The molecular weight excluding hydrogens is 254 g/mol. The average Bonchev–Trinajstić information content (AvgIpc) is 2.95. The molecule has 1 aliphatic rings. The number of nitrogens with one attached hydrogen (secondary N) is 1. The Kier molecular flexibility index (Phi) is 2.84. The van der Waals surface area contributed by atoms with Crippen molar-refractivity contribution in [2.45, 2.75) is 32.4 Å². The number of thiophene rings is 1. The first kappa shape index (κ1) is 11.1. The number of halogens is 1. The first-order valence-electron chi connectivity index (χ1n) is 5.76. The number of rotatable bonds is 4. The molecule has 2 aromatic heterocycles. The van der Waals surface area contributed by atoms with E-state index in [2.05, 4.69) is 27.1 Å². The normalized spacial score (nSPS) is 15.2. The number of aryl methyl sites for hydroxylation is 1. The summed E-state index contributed by atoms with van der Waals surface area (Å²) in [5.41, 5.74) is 1.07. The van der Waals surface area contributed by atoms with Crippen molar-refractivity contribution in [3.63, 3.8) is 0 Å². The Hall–Kier alpha value is -1.00. The zero-order chi connectivity index (χ0) is 11.8. The lowest BCUT2D eigenvalue weighted by Crippen LogP contribution is -2.05. The fourth-order valence-electron chi connectivity index (χ4n) is 1.89. The maximum atomic E-state index is 5.91. The second-order valence-electron chi connectivity index (χ2n) is 4.40. The summed E-state index contributed by atoms with van der Waals surface area (Å²) in [6.45, 7) is 2.83. The third-order valence-electron chi connectivity index (χ3n) is 2.84. The summed E-state index contributed by atoms with van der Waals surface area (Å²) in [5, 5.41) is 3.39. The Bertz CT molecular complexity index is 528. The molecule has 2 heterocycles. The molecule has 90 valence electrons. The largest absolute Gasteiger partial charge is 0.351 e. The highest BCUT2D eigenvalue weighted by molar-refractivity contribution is 7.16. The van der Waals surface area contributed by atoms with Crippen LogP contribution in [0.15, 0.2) is 18.3 Å². The second kappa shape index (κ2) is 4.35. The van der Waals surface area contributed by atoms with Crippen molar-refractivity contribution < 1.29 is 0 Å². The lowest BCUT2D eigenvalue weighted by molar-refractivity contribution is 0.743. The minimum Gasteiger partial charge on any atom is -0.351 e. The highest BCUT2D eigenvalue weighted by atomic mass is 35.5. The van der Waals surface area contributed by atoms with Crippen molar-refractivity contribution in [3.05, 3.63) is 33.2 Å². The highest BCUT2D eigenvalue weighted by Gasteiger charge is 2.26. The van der Waals surface area contributed by atoms with Crippen LogP contribution in [-0.4, -0.2) is 9.55 Å². The summed E-state index contributed by atoms with van der Waals surface area (Å²) >= 11 is 7.52. The number of hydrogen-bond acceptors (Lipinski definition) is 3. The van der Waals surface area contributed by atoms with E-state index >= 15 is 0 Å². The van der Waals surface area contributed by atoms with Gasteiger partial charge in [0.25, 0.3) is 0 Å². The van der Waals surface area contributed by atoms with Gasteiger partial charge in [0, 0.05) is 17.1 Å². The lowest BCUT2D eigenvalue weighted by Gasteiger charge is -2.07. The summed E-state index contributed by atoms with van der Waals surface area (Å²) in [6.07, 6.45) is 4.67. The molecule has 1 N–H and O–H groups in total. The number of imidazole rings is 1. The van der Waals surface area contributed by atoms with Crippen LogP contribution in [0.2, 0.25) is 4.34 Å². The molecule has 0 bridgehead atoms. The van der Waals surface area contributed by atoms with Gasteiger partial charge in [-0.25, -0.2) is 4.98 Å². The molecule has 17 heavy (non-hydrogen) atoms. The van der Waals surface area contributed by atoms with Crippen LogP contribution in [0.1, 0.15) is 29.5 Å². The number of aromatic nitrogens is 2. The Labute approximate surface area is 109 Å². The molecule has 5 heteroatoms. The molecule has 0 saturated heterocycles. The van der Waals surface area contributed by atoms with E-state index in [-0.39, 0.29) is 0 Å².